The van der Waals surface area contributed by atoms with Crippen molar-refractivity contribution in [2.75, 3.05) is 0 Å². The van der Waals surface area contributed by atoms with Crippen LogP contribution in [0.4, 0.5) is 0 Å². The molecule has 17 heavy (non-hydrogen) atoms. The van der Waals surface area contributed by atoms with E-state index in [9.17, 15) is 15.0 Å². The predicted octanol–water partition coefficient (Wildman–Crippen LogP) is 3.21. The van der Waals surface area contributed by atoms with Crippen molar-refractivity contribution in [2.24, 2.45) is 11.3 Å². The fourth-order valence-electron chi connectivity index (χ4n) is 2.98. The maximum Gasteiger partial charge on any atom is 0.309 e. The van der Waals surface area contributed by atoms with Gasteiger partial charge in [-0.15, -0.1) is 0 Å². The Balaban J connectivity index is 2.54. The Morgan fingerprint density at radius 2 is 2.00 bits per heavy atom. The Morgan fingerprint density at radius 3 is 2.41 bits per heavy atom. The minimum Gasteiger partial charge on any atom is -0.481 e. The number of aliphatic carboxylic acids is 1. The van der Waals surface area contributed by atoms with Crippen LogP contribution >= 0.6 is 0 Å². The van der Waals surface area contributed by atoms with E-state index < -0.39 is 11.4 Å². The van der Waals surface area contributed by atoms with Crippen molar-refractivity contribution < 1.29 is 15.0 Å². The molecule has 0 aromatic heterocycles. The summed E-state index contributed by atoms with van der Waals surface area (Å²) in [5.41, 5.74) is -0.554. The minimum atomic E-state index is -0.659. The zero-order valence-electron chi connectivity index (χ0n) is 11.1. The molecule has 3 nitrogen and oxygen atoms in total. The first kappa shape index (κ1) is 14.5. The number of carboxylic acids is 1. The van der Waals surface area contributed by atoms with Crippen molar-refractivity contribution in [3.8, 4) is 0 Å². The van der Waals surface area contributed by atoms with Crippen LogP contribution in [0.1, 0.15) is 65.2 Å². The van der Waals surface area contributed by atoms with Gasteiger partial charge in [0.15, 0.2) is 0 Å². The van der Waals surface area contributed by atoms with E-state index in [2.05, 4.69) is 6.92 Å². The smallest absolute Gasteiger partial charge is 0.309 e. The molecule has 0 saturated heterocycles. The molecule has 0 heterocycles. The molecular weight excluding hydrogens is 216 g/mol. The average Bonchev–Trinajstić information content (AvgIpc) is 2.28. The van der Waals surface area contributed by atoms with Gasteiger partial charge in [-0.3, -0.25) is 4.79 Å². The SMILES string of the molecule is CCCC1CCC(CCC(C)O)(C(=O)O)CC1. The van der Waals surface area contributed by atoms with Crippen LogP contribution in [0.3, 0.4) is 0 Å². The zero-order chi connectivity index (χ0) is 12.9. The normalized spacial score (nSPS) is 31.1. The van der Waals surface area contributed by atoms with E-state index in [4.69, 9.17) is 0 Å². The molecule has 0 amide bonds. The van der Waals surface area contributed by atoms with Gasteiger partial charge in [-0.1, -0.05) is 19.8 Å². The number of hydrogen-bond donors (Lipinski definition) is 2. The molecule has 100 valence electrons. The molecule has 1 rings (SSSR count). The molecule has 1 saturated carbocycles. The Hall–Kier alpha value is -0.570. The Labute approximate surface area is 104 Å². The van der Waals surface area contributed by atoms with Crippen LogP contribution in [0.15, 0.2) is 0 Å². The minimum absolute atomic E-state index is 0.389. The first-order valence-corrected chi connectivity index (χ1v) is 6.91. The van der Waals surface area contributed by atoms with Crippen molar-refractivity contribution in [2.45, 2.75) is 71.3 Å². The van der Waals surface area contributed by atoms with Crippen LogP contribution in [0, 0.1) is 11.3 Å². The zero-order valence-corrected chi connectivity index (χ0v) is 11.1. The lowest BCUT2D eigenvalue weighted by Gasteiger charge is -2.37. The molecule has 0 aromatic carbocycles. The molecule has 3 heteroatoms. The van der Waals surface area contributed by atoms with E-state index >= 15 is 0 Å². The van der Waals surface area contributed by atoms with Gasteiger partial charge in [0.25, 0.3) is 0 Å². The fraction of sp³-hybridized carbons (Fsp3) is 0.929. The van der Waals surface area contributed by atoms with E-state index in [1.54, 1.807) is 6.92 Å². The van der Waals surface area contributed by atoms with E-state index in [1.165, 1.54) is 12.8 Å². The van der Waals surface area contributed by atoms with Crippen LogP contribution in [-0.2, 0) is 4.79 Å². The summed E-state index contributed by atoms with van der Waals surface area (Å²) < 4.78 is 0. The van der Waals surface area contributed by atoms with Gasteiger partial charge < -0.3 is 10.2 Å². The summed E-state index contributed by atoms with van der Waals surface area (Å²) in [5.74, 6) is 0.0622. The lowest BCUT2D eigenvalue weighted by Crippen LogP contribution is -2.36. The highest BCUT2D eigenvalue weighted by Crippen LogP contribution is 2.44. The summed E-state index contributed by atoms with van der Waals surface area (Å²) in [6.07, 6.45) is 6.92. The topological polar surface area (TPSA) is 57.5 Å². The summed E-state index contributed by atoms with van der Waals surface area (Å²) in [4.78, 5) is 11.5. The molecule has 0 radical (unpaired) electrons. The molecule has 1 aliphatic rings. The number of aliphatic hydroxyl groups excluding tert-OH is 1. The van der Waals surface area contributed by atoms with E-state index in [-0.39, 0.29) is 6.10 Å². The second-order valence-corrected chi connectivity index (χ2v) is 5.71. The van der Waals surface area contributed by atoms with Crippen LogP contribution in [0.5, 0.6) is 0 Å². The maximum atomic E-state index is 11.5. The van der Waals surface area contributed by atoms with E-state index in [1.807, 2.05) is 0 Å². The Bertz CT molecular complexity index is 240. The monoisotopic (exact) mass is 242 g/mol. The molecule has 1 unspecified atom stereocenters. The quantitative estimate of drug-likeness (QED) is 0.752. The second kappa shape index (κ2) is 6.39. The lowest BCUT2D eigenvalue weighted by molar-refractivity contribution is -0.152. The summed E-state index contributed by atoms with van der Waals surface area (Å²) >= 11 is 0. The largest absolute Gasteiger partial charge is 0.481 e. The van der Waals surface area contributed by atoms with Gasteiger partial charge in [-0.2, -0.15) is 0 Å². The standard InChI is InChI=1S/C14H26O3/c1-3-4-12-6-9-14(10-7-12,13(16)17)8-5-11(2)15/h11-12,15H,3-10H2,1-2H3,(H,16,17). The highest BCUT2D eigenvalue weighted by Gasteiger charge is 2.41. The summed E-state index contributed by atoms with van der Waals surface area (Å²) in [5, 5.41) is 18.8. The van der Waals surface area contributed by atoms with Crippen LogP contribution in [-0.4, -0.2) is 22.3 Å². The third kappa shape index (κ3) is 3.98. The molecule has 0 spiro atoms. The number of aliphatic hydroxyl groups is 1. The first-order chi connectivity index (χ1) is 8.00. The lowest BCUT2D eigenvalue weighted by atomic mass is 9.67. The number of hydrogen-bond acceptors (Lipinski definition) is 2. The van der Waals surface area contributed by atoms with Gasteiger partial charge in [0.2, 0.25) is 0 Å². The predicted molar refractivity (Wildman–Crippen MR) is 67.8 cm³/mol. The van der Waals surface area contributed by atoms with Crippen molar-refractivity contribution in [1.29, 1.82) is 0 Å². The molecule has 0 aliphatic heterocycles. The van der Waals surface area contributed by atoms with Crippen LogP contribution < -0.4 is 0 Å². The summed E-state index contributed by atoms with van der Waals surface area (Å²) in [6, 6.07) is 0. The molecule has 1 fully saturated rings. The Morgan fingerprint density at radius 1 is 1.41 bits per heavy atom. The highest BCUT2D eigenvalue weighted by molar-refractivity contribution is 5.74. The first-order valence-electron chi connectivity index (χ1n) is 6.91. The van der Waals surface area contributed by atoms with Crippen LogP contribution in [0.25, 0.3) is 0 Å². The third-order valence-electron chi connectivity index (χ3n) is 4.25. The van der Waals surface area contributed by atoms with Gasteiger partial charge in [-0.05, 0) is 51.4 Å². The van der Waals surface area contributed by atoms with Crippen molar-refractivity contribution >= 4 is 5.97 Å². The molecular formula is C14H26O3. The number of rotatable bonds is 6. The summed E-state index contributed by atoms with van der Waals surface area (Å²) in [6.45, 7) is 3.92. The number of carboxylic acid groups (broad SMARTS) is 1. The average molecular weight is 242 g/mol. The van der Waals surface area contributed by atoms with E-state index in [0.717, 1.165) is 31.6 Å². The van der Waals surface area contributed by atoms with Crippen molar-refractivity contribution in [3.63, 3.8) is 0 Å². The van der Waals surface area contributed by atoms with Crippen molar-refractivity contribution in [1.82, 2.24) is 0 Å². The fourth-order valence-corrected chi connectivity index (χ4v) is 2.98. The van der Waals surface area contributed by atoms with E-state index in [0.29, 0.717) is 12.8 Å². The van der Waals surface area contributed by atoms with Gasteiger partial charge in [0.1, 0.15) is 0 Å². The molecule has 0 aromatic rings. The van der Waals surface area contributed by atoms with Gasteiger partial charge in [0, 0.05) is 0 Å². The van der Waals surface area contributed by atoms with Crippen molar-refractivity contribution in [3.05, 3.63) is 0 Å². The van der Waals surface area contributed by atoms with Crippen LogP contribution in [0.2, 0.25) is 0 Å². The van der Waals surface area contributed by atoms with Gasteiger partial charge >= 0.3 is 5.97 Å². The second-order valence-electron chi connectivity index (χ2n) is 5.71. The third-order valence-corrected chi connectivity index (χ3v) is 4.25. The highest BCUT2D eigenvalue weighted by atomic mass is 16.4. The molecule has 1 atom stereocenters. The van der Waals surface area contributed by atoms with Gasteiger partial charge in [0.05, 0.1) is 11.5 Å². The summed E-state index contributed by atoms with van der Waals surface area (Å²) in [7, 11) is 0. The Kier molecular flexibility index (Phi) is 5.44. The maximum absolute atomic E-state index is 11.5. The van der Waals surface area contributed by atoms with Gasteiger partial charge in [-0.25, -0.2) is 0 Å². The number of carbonyl (C=O) groups is 1. The molecule has 1 aliphatic carbocycles. The molecule has 0 bridgehead atoms. The molecule has 2 N–H and O–H groups in total.